The van der Waals surface area contributed by atoms with Gasteiger partial charge in [-0.3, -0.25) is 0 Å². The van der Waals surface area contributed by atoms with E-state index in [9.17, 15) is 0 Å². The average Bonchev–Trinajstić information content (AvgIpc) is 3.19. The summed E-state index contributed by atoms with van der Waals surface area (Å²) in [5.74, 6) is 0. The van der Waals surface area contributed by atoms with E-state index in [-0.39, 0.29) is 6.23 Å². The number of hydrogen-bond donors (Lipinski definition) is 0. The summed E-state index contributed by atoms with van der Waals surface area (Å²) in [6, 6.07) is 8.56. The van der Waals surface area contributed by atoms with Crippen LogP contribution in [0.2, 0.25) is 0 Å². The smallest absolute Gasteiger partial charge is 0.164 e. The van der Waals surface area contributed by atoms with Gasteiger partial charge in [0.25, 0.3) is 0 Å². The number of benzene rings is 1. The SMILES string of the molecule is c1nc(-c2ccc(N3CCOCC3)cc2)c2cnn(C3CCCCO3)c2n1. The number of aromatic nitrogens is 4. The minimum atomic E-state index is -0.0253. The third-order valence-corrected chi connectivity index (χ3v) is 5.34. The van der Waals surface area contributed by atoms with Crippen LogP contribution >= 0.6 is 0 Å². The lowest BCUT2D eigenvalue weighted by Gasteiger charge is -2.28. The molecular weight excluding hydrogens is 342 g/mol. The van der Waals surface area contributed by atoms with E-state index in [2.05, 4.69) is 44.2 Å². The largest absolute Gasteiger partial charge is 0.378 e. The molecular formula is C20H23N5O2. The van der Waals surface area contributed by atoms with Crippen molar-refractivity contribution in [1.29, 1.82) is 0 Å². The summed E-state index contributed by atoms with van der Waals surface area (Å²) in [4.78, 5) is 11.4. The fourth-order valence-electron chi connectivity index (χ4n) is 3.87. The molecule has 0 bridgehead atoms. The zero-order chi connectivity index (χ0) is 18.1. The number of hydrogen-bond acceptors (Lipinski definition) is 6. The fourth-order valence-corrected chi connectivity index (χ4v) is 3.87. The highest BCUT2D eigenvalue weighted by Crippen LogP contribution is 2.30. The molecule has 1 aromatic carbocycles. The highest BCUT2D eigenvalue weighted by Gasteiger charge is 2.21. The van der Waals surface area contributed by atoms with E-state index < -0.39 is 0 Å². The molecule has 0 radical (unpaired) electrons. The second-order valence-electron chi connectivity index (χ2n) is 7.02. The molecule has 7 nitrogen and oxygen atoms in total. The van der Waals surface area contributed by atoms with Gasteiger partial charge in [-0.15, -0.1) is 0 Å². The van der Waals surface area contributed by atoms with Gasteiger partial charge in [-0.05, 0) is 31.4 Å². The second-order valence-corrected chi connectivity index (χ2v) is 7.02. The van der Waals surface area contributed by atoms with Crippen molar-refractivity contribution in [2.75, 3.05) is 37.8 Å². The Labute approximate surface area is 157 Å². The van der Waals surface area contributed by atoms with Crippen LogP contribution in [0, 0.1) is 0 Å². The van der Waals surface area contributed by atoms with Crippen LogP contribution in [0.3, 0.4) is 0 Å². The lowest BCUT2D eigenvalue weighted by molar-refractivity contribution is -0.0370. The van der Waals surface area contributed by atoms with Gasteiger partial charge < -0.3 is 14.4 Å². The number of nitrogens with zero attached hydrogens (tertiary/aromatic N) is 5. The Morgan fingerprint density at radius 3 is 2.59 bits per heavy atom. The van der Waals surface area contributed by atoms with E-state index in [4.69, 9.17) is 9.47 Å². The topological polar surface area (TPSA) is 65.3 Å². The Morgan fingerprint density at radius 2 is 1.81 bits per heavy atom. The lowest BCUT2D eigenvalue weighted by atomic mass is 10.1. The molecule has 140 valence electrons. The Morgan fingerprint density at radius 1 is 0.963 bits per heavy atom. The molecule has 1 atom stereocenters. The quantitative estimate of drug-likeness (QED) is 0.711. The molecule has 0 spiro atoms. The monoisotopic (exact) mass is 365 g/mol. The van der Waals surface area contributed by atoms with E-state index in [1.54, 1.807) is 6.33 Å². The second kappa shape index (κ2) is 7.25. The van der Waals surface area contributed by atoms with Crippen molar-refractivity contribution >= 4 is 16.7 Å². The molecule has 0 saturated carbocycles. The molecule has 0 amide bonds. The van der Waals surface area contributed by atoms with Gasteiger partial charge in [-0.2, -0.15) is 5.10 Å². The van der Waals surface area contributed by atoms with Gasteiger partial charge in [0, 0.05) is 30.9 Å². The van der Waals surface area contributed by atoms with E-state index in [1.165, 1.54) is 5.69 Å². The molecule has 27 heavy (non-hydrogen) atoms. The zero-order valence-corrected chi connectivity index (χ0v) is 15.3. The van der Waals surface area contributed by atoms with E-state index in [1.807, 2.05) is 10.9 Å². The third-order valence-electron chi connectivity index (χ3n) is 5.34. The maximum atomic E-state index is 5.88. The average molecular weight is 365 g/mol. The van der Waals surface area contributed by atoms with E-state index in [0.717, 1.165) is 74.5 Å². The minimum Gasteiger partial charge on any atom is -0.378 e. The van der Waals surface area contributed by atoms with Gasteiger partial charge in [0.1, 0.15) is 6.33 Å². The van der Waals surface area contributed by atoms with Crippen LogP contribution in [0.1, 0.15) is 25.5 Å². The van der Waals surface area contributed by atoms with Crippen molar-refractivity contribution in [2.45, 2.75) is 25.5 Å². The first-order valence-corrected chi connectivity index (χ1v) is 9.63. The third kappa shape index (κ3) is 3.17. The maximum Gasteiger partial charge on any atom is 0.164 e. The lowest BCUT2D eigenvalue weighted by Crippen LogP contribution is -2.36. The standard InChI is InChI=1S/C20H23N5O2/c1-2-10-27-18(3-1)25-20-17(13-23-25)19(21-14-22-20)15-4-6-16(7-5-15)24-8-11-26-12-9-24/h4-7,13-14,18H,1-3,8-12H2. The zero-order valence-electron chi connectivity index (χ0n) is 15.3. The summed E-state index contributed by atoms with van der Waals surface area (Å²) in [5.41, 5.74) is 4.04. The first-order valence-electron chi connectivity index (χ1n) is 9.63. The van der Waals surface area contributed by atoms with Gasteiger partial charge in [0.05, 0.1) is 30.5 Å². The minimum absolute atomic E-state index is 0.0253. The number of fused-ring (bicyclic) bond motifs is 1. The van der Waals surface area contributed by atoms with Gasteiger partial charge in [0.2, 0.25) is 0 Å². The van der Waals surface area contributed by atoms with Crippen LogP contribution in [0.5, 0.6) is 0 Å². The number of morpholine rings is 1. The summed E-state index contributed by atoms with van der Waals surface area (Å²) in [6.45, 7) is 4.23. The predicted octanol–water partition coefficient (Wildman–Crippen LogP) is 3.03. The molecule has 2 aromatic heterocycles. The molecule has 0 aliphatic carbocycles. The first kappa shape index (κ1) is 16.6. The number of anilines is 1. The van der Waals surface area contributed by atoms with Crippen molar-refractivity contribution < 1.29 is 9.47 Å². The van der Waals surface area contributed by atoms with Crippen LogP contribution in [0.4, 0.5) is 5.69 Å². The van der Waals surface area contributed by atoms with Crippen molar-refractivity contribution in [3.05, 3.63) is 36.8 Å². The van der Waals surface area contributed by atoms with Crippen LogP contribution < -0.4 is 4.90 Å². The normalized spacial score (nSPS) is 20.9. The van der Waals surface area contributed by atoms with Crippen molar-refractivity contribution in [3.63, 3.8) is 0 Å². The van der Waals surface area contributed by atoms with Gasteiger partial charge in [0.15, 0.2) is 11.9 Å². The molecule has 1 unspecified atom stereocenters. The predicted molar refractivity (Wildman–Crippen MR) is 103 cm³/mol. The summed E-state index contributed by atoms with van der Waals surface area (Å²) in [5, 5.41) is 5.53. The molecule has 2 aliphatic rings. The summed E-state index contributed by atoms with van der Waals surface area (Å²) < 4.78 is 13.2. The molecule has 3 aromatic rings. The van der Waals surface area contributed by atoms with Gasteiger partial charge in [-0.1, -0.05) is 12.1 Å². The van der Waals surface area contributed by atoms with Crippen LogP contribution in [-0.2, 0) is 9.47 Å². The summed E-state index contributed by atoms with van der Waals surface area (Å²) >= 11 is 0. The van der Waals surface area contributed by atoms with Crippen molar-refractivity contribution in [1.82, 2.24) is 19.7 Å². The van der Waals surface area contributed by atoms with Crippen LogP contribution in [-0.4, -0.2) is 52.7 Å². The molecule has 4 heterocycles. The molecule has 5 rings (SSSR count). The Hall–Kier alpha value is -2.51. The van der Waals surface area contributed by atoms with Crippen molar-refractivity contribution in [3.8, 4) is 11.3 Å². The Balaban J connectivity index is 1.47. The highest BCUT2D eigenvalue weighted by molar-refractivity contribution is 5.90. The molecule has 2 saturated heterocycles. The van der Waals surface area contributed by atoms with E-state index >= 15 is 0 Å². The molecule has 7 heteroatoms. The van der Waals surface area contributed by atoms with Crippen LogP contribution in [0.25, 0.3) is 22.3 Å². The summed E-state index contributed by atoms with van der Waals surface area (Å²) in [7, 11) is 0. The van der Waals surface area contributed by atoms with Crippen molar-refractivity contribution in [2.24, 2.45) is 0 Å². The number of ether oxygens (including phenoxy) is 2. The van der Waals surface area contributed by atoms with Crippen LogP contribution in [0.15, 0.2) is 36.8 Å². The van der Waals surface area contributed by atoms with Gasteiger partial charge >= 0.3 is 0 Å². The molecule has 2 fully saturated rings. The fraction of sp³-hybridized carbons (Fsp3) is 0.450. The summed E-state index contributed by atoms with van der Waals surface area (Å²) in [6.07, 6.45) is 6.71. The Bertz CT molecular complexity index is 912. The molecule has 0 N–H and O–H groups in total. The first-order chi connectivity index (χ1) is 13.4. The maximum absolute atomic E-state index is 5.88. The van der Waals surface area contributed by atoms with Gasteiger partial charge in [-0.25, -0.2) is 14.6 Å². The highest BCUT2D eigenvalue weighted by atomic mass is 16.5. The number of rotatable bonds is 3. The molecule has 2 aliphatic heterocycles. The van der Waals surface area contributed by atoms with E-state index in [0.29, 0.717) is 0 Å². The Kier molecular flexibility index (Phi) is 4.47.